The highest BCUT2D eigenvalue weighted by Gasteiger charge is 2.33. The van der Waals surface area contributed by atoms with Crippen molar-refractivity contribution in [2.75, 3.05) is 19.8 Å². The third-order valence-electron chi connectivity index (χ3n) is 2.27. The minimum Gasteiger partial charge on any atom is -0.381 e. The van der Waals surface area contributed by atoms with E-state index in [4.69, 9.17) is 10.5 Å². The maximum Gasteiger partial charge on any atom is 0.0522 e. The first-order valence-corrected chi connectivity index (χ1v) is 3.44. The third kappa shape index (κ3) is 1.25. The molecule has 0 atom stereocenters. The van der Waals surface area contributed by atoms with Crippen molar-refractivity contribution in [3.63, 3.8) is 0 Å². The van der Waals surface area contributed by atoms with Crippen molar-refractivity contribution in [2.45, 2.75) is 13.8 Å². The van der Waals surface area contributed by atoms with Crippen LogP contribution in [0.5, 0.6) is 0 Å². The fourth-order valence-corrected chi connectivity index (χ4v) is 0.854. The molecule has 2 N–H and O–H groups in total. The van der Waals surface area contributed by atoms with Crippen molar-refractivity contribution in [1.82, 2.24) is 0 Å². The molecule has 1 saturated heterocycles. The molecule has 0 unspecified atom stereocenters. The van der Waals surface area contributed by atoms with Crippen LogP contribution in [-0.2, 0) is 4.74 Å². The van der Waals surface area contributed by atoms with Crippen LogP contribution >= 0.6 is 0 Å². The highest BCUT2D eigenvalue weighted by Crippen LogP contribution is 2.30. The van der Waals surface area contributed by atoms with E-state index < -0.39 is 0 Å². The Labute approximate surface area is 56.4 Å². The summed E-state index contributed by atoms with van der Waals surface area (Å²) in [6.07, 6.45) is 0. The van der Waals surface area contributed by atoms with E-state index in [1.807, 2.05) is 0 Å². The normalized spacial score (nSPS) is 21.7. The smallest absolute Gasteiger partial charge is 0.0522 e. The Morgan fingerprint density at radius 3 is 2.22 bits per heavy atom. The van der Waals surface area contributed by atoms with Crippen LogP contribution in [0.2, 0.25) is 0 Å². The van der Waals surface area contributed by atoms with Gasteiger partial charge < -0.3 is 10.5 Å². The van der Waals surface area contributed by atoms with Crippen LogP contribution in [0.15, 0.2) is 0 Å². The molecule has 2 heteroatoms. The highest BCUT2D eigenvalue weighted by molar-refractivity contribution is 4.82. The second kappa shape index (κ2) is 2.27. The average Bonchev–Trinajstić information content (AvgIpc) is 1.60. The van der Waals surface area contributed by atoms with Crippen LogP contribution in [-0.4, -0.2) is 19.8 Å². The van der Waals surface area contributed by atoms with Gasteiger partial charge in [-0.1, -0.05) is 13.8 Å². The predicted molar refractivity (Wildman–Crippen MR) is 37.1 cm³/mol. The van der Waals surface area contributed by atoms with Crippen LogP contribution in [0.25, 0.3) is 0 Å². The monoisotopic (exact) mass is 129 g/mol. The van der Waals surface area contributed by atoms with E-state index in [2.05, 4.69) is 13.8 Å². The molecular formula is C7H15NO. The van der Waals surface area contributed by atoms with Gasteiger partial charge in [-0.25, -0.2) is 0 Å². The lowest BCUT2D eigenvalue weighted by Gasteiger charge is -2.39. The van der Waals surface area contributed by atoms with Crippen molar-refractivity contribution in [3.05, 3.63) is 0 Å². The molecule has 0 saturated carbocycles. The van der Waals surface area contributed by atoms with Gasteiger partial charge in [0.15, 0.2) is 0 Å². The van der Waals surface area contributed by atoms with E-state index in [0.717, 1.165) is 19.8 Å². The molecule has 0 aromatic carbocycles. The number of hydrogen-bond donors (Lipinski definition) is 1. The van der Waals surface area contributed by atoms with E-state index in [1.165, 1.54) is 0 Å². The molecule has 9 heavy (non-hydrogen) atoms. The molecule has 0 aromatic heterocycles. The van der Waals surface area contributed by atoms with Crippen molar-refractivity contribution in [3.8, 4) is 0 Å². The zero-order chi connectivity index (χ0) is 6.91. The number of rotatable bonds is 2. The van der Waals surface area contributed by atoms with Gasteiger partial charge in [-0.15, -0.1) is 0 Å². The maximum atomic E-state index is 5.56. The minimum absolute atomic E-state index is 0.290. The summed E-state index contributed by atoms with van der Waals surface area (Å²) in [5, 5.41) is 0. The first-order chi connectivity index (χ1) is 4.17. The molecule has 0 aliphatic carbocycles. The van der Waals surface area contributed by atoms with Crippen LogP contribution in [0, 0.1) is 11.3 Å². The van der Waals surface area contributed by atoms with Crippen LogP contribution in [0.3, 0.4) is 0 Å². The number of hydrogen-bond acceptors (Lipinski definition) is 2. The molecule has 1 aliphatic heterocycles. The van der Waals surface area contributed by atoms with Crippen LogP contribution in [0.1, 0.15) is 13.8 Å². The molecule has 0 bridgehead atoms. The van der Waals surface area contributed by atoms with E-state index in [0.29, 0.717) is 5.92 Å². The highest BCUT2D eigenvalue weighted by atomic mass is 16.5. The molecular weight excluding hydrogens is 114 g/mol. The molecule has 0 spiro atoms. The average molecular weight is 129 g/mol. The minimum atomic E-state index is 0.290. The van der Waals surface area contributed by atoms with Gasteiger partial charge in [-0.05, 0) is 12.0 Å². The van der Waals surface area contributed by atoms with Crippen molar-refractivity contribution in [2.24, 2.45) is 17.1 Å². The molecule has 1 heterocycles. The molecule has 0 aromatic rings. The second-order valence-corrected chi connectivity index (χ2v) is 3.43. The Hall–Kier alpha value is -0.0800. The van der Waals surface area contributed by atoms with E-state index in [-0.39, 0.29) is 5.41 Å². The summed E-state index contributed by atoms with van der Waals surface area (Å²) >= 11 is 0. The summed E-state index contributed by atoms with van der Waals surface area (Å²) in [6, 6.07) is 0. The van der Waals surface area contributed by atoms with Gasteiger partial charge in [0, 0.05) is 5.92 Å². The fourth-order valence-electron chi connectivity index (χ4n) is 0.854. The van der Waals surface area contributed by atoms with Crippen LogP contribution in [0.4, 0.5) is 0 Å². The summed E-state index contributed by atoms with van der Waals surface area (Å²) < 4.78 is 5.07. The van der Waals surface area contributed by atoms with Gasteiger partial charge in [0.1, 0.15) is 0 Å². The summed E-state index contributed by atoms with van der Waals surface area (Å²) in [5.41, 5.74) is 5.85. The zero-order valence-electron chi connectivity index (χ0n) is 6.18. The topological polar surface area (TPSA) is 35.2 Å². The maximum absolute atomic E-state index is 5.56. The SMILES string of the molecule is CC(C)(CN)C1COC1. The lowest BCUT2D eigenvalue weighted by Crippen LogP contribution is -2.43. The van der Waals surface area contributed by atoms with Crippen LogP contribution < -0.4 is 5.73 Å². The van der Waals surface area contributed by atoms with Crippen molar-refractivity contribution < 1.29 is 4.74 Å². The molecule has 1 aliphatic rings. The summed E-state index contributed by atoms with van der Waals surface area (Å²) in [4.78, 5) is 0. The van der Waals surface area contributed by atoms with Gasteiger partial charge >= 0.3 is 0 Å². The summed E-state index contributed by atoms with van der Waals surface area (Å²) in [7, 11) is 0. The Balaban J connectivity index is 2.37. The lowest BCUT2D eigenvalue weighted by molar-refractivity contribution is -0.0848. The van der Waals surface area contributed by atoms with E-state index in [9.17, 15) is 0 Å². The predicted octanol–water partition coefficient (Wildman–Crippen LogP) is 0.618. The lowest BCUT2D eigenvalue weighted by atomic mass is 9.78. The molecule has 1 rings (SSSR count). The van der Waals surface area contributed by atoms with Gasteiger partial charge in [0.05, 0.1) is 13.2 Å². The largest absolute Gasteiger partial charge is 0.381 e. The summed E-state index contributed by atoms with van der Waals surface area (Å²) in [5.74, 6) is 0.697. The van der Waals surface area contributed by atoms with Crippen molar-refractivity contribution in [1.29, 1.82) is 0 Å². The van der Waals surface area contributed by atoms with Gasteiger partial charge in [-0.3, -0.25) is 0 Å². The van der Waals surface area contributed by atoms with Gasteiger partial charge in [0.2, 0.25) is 0 Å². The Morgan fingerprint density at radius 1 is 1.56 bits per heavy atom. The first kappa shape index (κ1) is 7.03. The molecule has 0 radical (unpaired) electrons. The van der Waals surface area contributed by atoms with E-state index >= 15 is 0 Å². The summed E-state index contributed by atoms with van der Waals surface area (Å²) in [6.45, 7) is 6.97. The van der Waals surface area contributed by atoms with Gasteiger partial charge in [0.25, 0.3) is 0 Å². The molecule has 1 fully saturated rings. The Kier molecular flexibility index (Phi) is 1.78. The Morgan fingerprint density at radius 2 is 2.11 bits per heavy atom. The van der Waals surface area contributed by atoms with Gasteiger partial charge in [-0.2, -0.15) is 0 Å². The number of ether oxygens (including phenoxy) is 1. The number of nitrogens with two attached hydrogens (primary N) is 1. The third-order valence-corrected chi connectivity index (χ3v) is 2.27. The molecule has 0 amide bonds. The van der Waals surface area contributed by atoms with E-state index in [1.54, 1.807) is 0 Å². The second-order valence-electron chi connectivity index (χ2n) is 3.43. The van der Waals surface area contributed by atoms with Crippen molar-refractivity contribution >= 4 is 0 Å². The quantitative estimate of drug-likeness (QED) is 0.593. The molecule has 2 nitrogen and oxygen atoms in total. The standard InChI is InChI=1S/C7H15NO/c1-7(2,5-8)6-3-9-4-6/h6H,3-5,8H2,1-2H3. The Bertz CT molecular complexity index is 97.1. The fraction of sp³-hybridized carbons (Fsp3) is 1.00. The first-order valence-electron chi connectivity index (χ1n) is 3.44. The molecule has 54 valence electrons. The zero-order valence-corrected chi connectivity index (χ0v) is 6.18.